The topological polar surface area (TPSA) is 9.23 Å². The molecule has 10 heteroatoms. The molecule has 0 N–H and O–H groups in total. The molecule has 0 aromatic carbocycles. The van der Waals surface area contributed by atoms with E-state index in [4.69, 9.17) is 4.43 Å². The van der Waals surface area contributed by atoms with Gasteiger partial charge in [-0.3, -0.25) is 0 Å². The van der Waals surface area contributed by atoms with Crippen LogP contribution in [0.25, 0.3) is 0 Å². The van der Waals surface area contributed by atoms with Gasteiger partial charge in [-0.1, -0.05) is 49.8 Å². The first kappa shape index (κ1) is 25.4. The number of alkyl halides is 8. The molecule has 152 valence electrons. The minimum absolute atomic E-state index is 0.0318. The van der Waals surface area contributed by atoms with Crippen molar-refractivity contribution in [3.63, 3.8) is 0 Å². The predicted octanol–water partition coefficient (Wildman–Crippen LogP) is 7.21. The Labute approximate surface area is 159 Å². The maximum absolute atomic E-state index is 13.3. The van der Waals surface area contributed by atoms with Gasteiger partial charge in [-0.2, -0.15) is 30.7 Å². The third kappa shape index (κ3) is 7.15. The molecule has 0 saturated carbocycles. The third-order valence-corrected chi connectivity index (χ3v) is 10.1. The molecule has 0 spiro atoms. The largest absolute Gasteiger partial charge is 0.459 e. The van der Waals surface area contributed by atoms with E-state index in [1.807, 2.05) is 0 Å². The summed E-state index contributed by atoms with van der Waals surface area (Å²) in [6, 6.07) is 0. The second kappa shape index (κ2) is 8.62. The first-order valence-corrected chi connectivity index (χ1v) is 12.1. The minimum atomic E-state index is -6.26. The van der Waals surface area contributed by atoms with Crippen LogP contribution < -0.4 is 0 Å². The Morgan fingerprint density at radius 3 is 1.80 bits per heavy atom. The van der Waals surface area contributed by atoms with E-state index in [0.29, 0.717) is 19.4 Å². The molecule has 25 heavy (non-hydrogen) atoms. The summed E-state index contributed by atoms with van der Waals surface area (Å²) in [5.74, 6) is -11.1. The van der Waals surface area contributed by atoms with Crippen LogP contribution in [0, 0.1) is 0 Å². The van der Waals surface area contributed by atoms with Gasteiger partial charge >= 0.3 is 18.0 Å². The Morgan fingerprint density at radius 1 is 0.920 bits per heavy atom. The molecular formula is C15H26F7IOSi. The summed E-state index contributed by atoms with van der Waals surface area (Å²) in [4.78, 5) is 0. The molecule has 0 rings (SSSR count). The lowest BCUT2D eigenvalue weighted by Gasteiger charge is -2.36. The van der Waals surface area contributed by atoms with Gasteiger partial charge in [0.1, 0.15) is 0 Å². The summed E-state index contributed by atoms with van der Waals surface area (Å²) < 4.78 is 93.6. The minimum Gasteiger partial charge on any atom is -0.417 e. The van der Waals surface area contributed by atoms with Crippen LogP contribution in [0.3, 0.4) is 0 Å². The van der Waals surface area contributed by atoms with Crippen molar-refractivity contribution < 1.29 is 35.2 Å². The predicted molar refractivity (Wildman–Crippen MR) is 95.4 cm³/mol. The Hall–Kier alpha value is 0.417. The summed E-state index contributed by atoms with van der Waals surface area (Å²) >= 11 is 1.50. The lowest BCUT2D eigenvalue weighted by atomic mass is 10.0. The number of unbranched alkanes of at least 4 members (excludes halogenated alkanes) is 1. The van der Waals surface area contributed by atoms with Gasteiger partial charge < -0.3 is 4.43 Å². The van der Waals surface area contributed by atoms with Gasteiger partial charge in [-0.05, 0) is 31.0 Å². The second-order valence-corrected chi connectivity index (χ2v) is 14.3. The molecule has 0 aromatic rings. The number of hydrogen-bond donors (Lipinski definition) is 0. The zero-order chi connectivity index (χ0) is 20.3. The maximum atomic E-state index is 13.3. The highest BCUT2D eigenvalue weighted by Crippen LogP contribution is 2.49. The first-order valence-electron chi connectivity index (χ1n) is 7.95. The molecule has 1 unspecified atom stereocenters. The van der Waals surface area contributed by atoms with E-state index in [-0.39, 0.29) is 11.5 Å². The van der Waals surface area contributed by atoms with Gasteiger partial charge in [0.2, 0.25) is 0 Å². The molecule has 0 bridgehead atoms. The average Bonchev–Trinajstić information content (AvgIpc) is 2.34. The van der Waals surface area contributed by atoms with Gasteiger partial charge in [0, 0.05) is 17.0 Å². The highest BCUT2D eigenvalue weighted by Gasteiger charge is 2.72. The van der Waals surface area contributed by atoms with Crippen LogP contribution in [0.1, 0.15) is 46.5 Å². The fraction of sp³-hybridized carbons (Fsp3) is 1.00. The summed E-state index contributed by atoms with van der Waals surface area (Å²) in [6.07, 6.45) is -6.67. The number of hydrogen-bond acceptors (Lipinski definition) is 1. The highest BCUT2D eigenvalue weighted by molar-refractivity contribution is 14.1. The fourth-order valence-corrected chi connectivity index (χ4v) is 3.81. The van der Waals surface area contributed by atoms with Crippen molar-refractivity contribution in [1.82, 2.24) is 0 Å². The van der Waals surface area contributed by atoms with Crippen LogP contribution in [-0.2, 0) is 4.43 Å². The van der Waals surface area contributed by atoms with Crippen molar-refractivity contribution in [2.24, 2.45) is 0 Å². The van der Waals surface area contributed by atoms with E-state index in [1.54, 1.807) is 0 Å². The number of halogens is 8. The van der Waals surface area contributed by atoms with Crippen molar-refractivity contribution in [1.29, 1.82) is 0 Å². The van der Waals surface area contributed by atoms with Gasteiger partial charge in [-0.15, -0.1) is 0 Å². The van der Waals surface area contributed by atoms with Crippen molar-refractivity contribution >= 4 is 30.9 Å². The number of rotatable bonds is 9. The summed E-state index contributed by atoms with van der Waals surface area (Å²) in [7, 11) is -1.91. The van der Waals surface area contributed by atoms with Crippen LogP contribution in [0.4, 0.5) is 30.7 Å². The molecule has 1 nitrogen and oxygen atoms in total. The van der Waals surface area contributed by atoms with Crippen LogP contribution in [-0.4, -0.2) is 36.9 Å². The van der Waals surface area contributed by atoms with Crippen molar-refractivity contribution in [2.45, 2.75) is 86.5 Å². The SMILES string of the molecule is CC(C)(C)[Si](C)(C)OCCCCC(I)CC(F)(F)C(F)(F)C(F)(F)F. The van der Waals surface area contributed by atoms with E-state index in [0.717, 1.165) is 0 Å². The van der Waals surface area contributed by atoms with Crippen LogP contribution in [0.15, 0.2) is 0 Å². The Bertz CT molecular complexity index is 419. The molecule has 0 aliphatic rings. The summed E-state index contributed by atoms with van der Waals surface area (Å²) in [6.45, 7) is 10.8. The molecule has 0 heterocycles. The first-order chi connectivity index (χ1) is 10.9. The molecule has 0 fully saturated rings. The Kier molecular flexibility index (Phi) is 8.76. The van der Waals surface area contributed by atoms with E-state index in [1.165, 1.54) is 22.6 Å². The van der Waals surface area contributed by atoms with Crippen LogP contribution in [0.2, 0.25) is 18.1 Å². The molecule has 0 aromatic heterocycles. The molecule has 0 aliphatic carbocycles. The molecule has 0 aliphatic heterocycles. The van der Waals surface area contributed by atoms with E-state index in [9.17, 15) is 30.7 Å². The smallest absolute Gasteiger partial charge is 0.417 e. The third-order valence-electron chi connectivity index (χ3n) is 4.47. The van der Waals surface area contributed by atoms with Crippen molar-refractivity contribution in [2.75, 3.05) is 6.61 Å². The monoisotopic (exact) mass is 510 g/mol. The normalized spacial score (nSPS) is 16.2. The molecule has 0 amide bonds. The fourth-order valence-electron chi connectivity index (χ4n) is 1.73. The summed E-state index contributed by atoms with van der Waals surface area (Å²) in [5, 5.41) is 0.0318. The molecular weight excluding hydrogens is 484 g/mol. The second-order valence-electron chi connectivity index (χ2n) is 7.68. The standard InChI is InChI=1S/C15H26F7IOSi/c1-12(2,3)25(4,5)24-9-7-6-8-11(23)10-13(16,17)14(18,19)15(20,21)22/h11H,6-10H2,1-5H3. The zero-order valence-corrected chi connectivity index (χ0v) is 18.2. The average molecular weight is 510 g/mol. The van der Waals surface area contributed by atoms with Crippen molar-refractivity contribution in [3.05, 3.63) is 0 Å². The summed E-state index contributed by atoms with van der Waals surface area (Å²) in [5.41, 5.74) is 0. The van der Waals surface area contributed by atoms with Crippen molar-refractivity contribution in [3.8, 4) is 0 Å². The maximum Gasteiger partial charge on any atom is 0.459 e. The molecule has 0 radical (unpaired) electrons. The van der Waals surface area contributed by atoms with Crippen LogP contribution >= 0.6 is 22.6 Å². The molecule has 0 saturated heterocycles. The Morgan fingerprint density at radius 2 is 1.40 bits per heavy atom. The van der Waals surface area contributed by atoms with Gasteiger partial charge in [0.25, 0.3) is 0 Å². The van der Waals surface area contributed by atoms with Gasteiger partial charge in [0.15, 0.2) is 8.32 Å². The zero-order valence-electron chi connectivity index (χ0n) is 15.0. The van der Waals surface area contributed by atoms with Gasteiger partial charge in [0.05, 0.1) is 0 Å². The lowest BCUT2D eigenvalue weighted by molar-refractivity contribution is -0.355. The highest BCUT2D eigenvalue weighted by atomic mass is 127. The van der Waals surface area contributed by atoms with E-state index in [2.05, 4.69) is 33.9 Å². The Balaban J connectivity index is 4.36. The van der Waals surface area contributed by atoms with E-state index < -0.39 is 36.7 Å². The van der Waals surface area contributed by atoms with Gasteiger partial charge in [-0.25, -0.2) is 0 Å². The lowest BCUT2D eigenvalue weighted by Crippen LogP contribution is -2.52. The van der Waals surface area contributed by atoms with Crippen LogP contribution in [0.5, 0.6) is 0 Å². The van der Waals surface area contributed by atoms with E-state index >= 15 is 0 Å². The molecule has 1 atom stereocenters. The quantitative estimate of drug-likeness (QED) is 0.105.